The van der Waals surface area contributed by atoms with Crippen molar-refractivity contribution in [1.82, 2.24) is 10.3 Å². The van der Waals surface area contributed by atoms with Crippen LogP contribution in [0.2, 0.25) is 0 Å². The van der Waals surface area contributed by atoms with E-state index in [0.29, 0.717) is 30.0 Å². The predicted octanol–water partition coefficient (Wildman–Crippen LogP) is 4.76. The molecule has 0 atom stereocenters. The lowest BCUT2D eigenvalue weighted by Gasteiger charge is -2.08. The molecule has 3 N–H and O–H groups in total. The number of ether oxygens (including phenoxy) is 1. The largest absolute Gasteiger partial charge is 0.484 e. The lowest BCUT2D eigenvalue weighted by molar-refractivity contribution is -0.118. The van der Waals surface area contributed by atoms with E-state index in [-0.39, 0.29) is 18.1 Å². The fraction of sp³-hybridized carbons (Fsp3) is 0.138. The van der Waals surface area contributed by atoms with Crippen LogP contribution < -0.4 is 15.4 Å². The molecule has 1 aromatic heterocycles. The molecule has 0 fully saturated rings. The third-order valence-electron chi connectivity index (χ3n) is 5.62. The summed E-state index contributed by atoms with van der Waals surface area (Å²) >= 11 is 0. The number of aryl methyl sites for hydroxylation is 1. The van der Waals surface area contributed by atoms with Crippen LogP contribution in [-0.2, 0) is 16.0 Å². The average molecular weight is 479 g/mol. The van der Waals surface area contributed by atoms with Gasteiger partial charge < -0.3 is 20.4 Å². The standard InChI is InChI=1S/C29H26N4O3/c1-20-6-10-24(11-7-20)33-28(34)19-36-25-12-8-21(9-13-25)16-23(17-30)29(35)31-15-14-22-18-32-27-5-3-2-4-26(22)27/h2-13,16,18,32H,14-15,19H2,1H3,(H,31,35)(H,33,34)/b23-16-. The van der Waals surface area contributed by atoms with Gasteiger partial charge in [0.1, 0.15) is 17.4 Å². The van der Waals surface area contributed by atoms with Crippen molar-refractivity contribution < 1.29 is 14.3 Å². The van der Waals surface area contributed by atoms with Gasteiger partial charge in [0.25, 0.3) is 11.8 Å². The molecule has 36 heavy (non-hydrogen) atoms. The van der Waals surface area contributed by atoms with Crippen molar-refractivity contribution >= 4 is 34.5 Å². The minimum absolute atomic E-state index is 0.0140. The number of hydrogen-bond acceptors (Lipinski definition) is 4. The van der Waals surface area contributed by atoms with E-state index in [0.717, 1.165) is 22.0 Å². The summed E-state index contributed by atoms with van der Waals surface area (Å²) in [7, 11) is 0. The number of hydrogen-bond donors (Lipinski definition) is 3. The highest BCUT2D eigenvalue weighted by molar-refractivity contribution is 6.01. The molecular weight excluding hydrogens is 452 g/mol. The van der Waals surface area contributed by atoms with Crippen LogP contribution in [0.3, 0.4) is 0 Å². The number of aromatic amines is 1. The van der Waals surface area contributed by atoms with Gasteiger partial charge in [0.2, 0.25) is 0 Å². The molecule has 2 amide bonds. The number of carbonyl (C=O) groups excluding carboxylic acids is 2. The quantitative estimate of drug-likeness (QED) is 0.238. The first-order chi connectivity index (χ1) is 17.5. The number of aromatic nitrogens is 1. The van der Waals surface area contributed by atoms with E-state index in [1.807, 2.05) is 67.7 Å². The van der Waals surface area contributed by atoms with E-state index < -0.39 is 5.91 Å². The Bertz CT molecular complexity index is 1430. The number of nitrogens with zero attached hydrogens (tertiary/aromatic N) is 1. The highest BCUT2D eigenvalue weighted by Gasteiger charge is 2.10. The fourth-order valence-corrected chi connectivity index (χ4v) is 3.70. The molecule has 180 valence electrons. The molecule has 7 nitrogen and oxygen atoms in total. The summed E-state index contributed by atoms with van der Waals surface area (Å²) in [6, 6.07) is 24.3. The van der Waals surface area contributed by atoms with E-state index in [1.54, 1.807) is 24.3 Å². The molecule has 0 aliphatic carbocycles. The summed E-state index contributed by atoms with van der Waals surface area (Å²) in [5.74, 6) is -0.183. The normalized spacial score (nSPS) is 11.1. The topological polar surface area (TPSA) is 107 Å². The third-order valence-corrected chi connectivity index (χ3v) is 5.62. The van der Waals surface area contributed by atoms with Gasteiger partial charge in [0.05, 0.1) is 0 Å². The predicted molar refractivity (Wildman–Crippen MR) is 140 cm³/mol. The van der Waals surface area contributed by atoms with Crippen molar-refractivity contribution in [3.63, 3.8) is 0 Å². The lowest BCUT2D eigenvalue weighted by atomic mass is 10.1. The Morgan fingerprint density at radius 1 is 1.03 bits per heavy atom. The highest BCUT2D eigenvalue weighted by atomic mass is 16.5. The molecule has 0 radical (unpaired) electrons. The molecule has 1 heterocycles. The van der Waals surface area contributed by atoms with E-state index in [4.69, 9.17) is 4.74 Å². The molecule has 4 rings (SSSR count). The molecule has 0 saturated heterocycles. The molecule has 7 heteroatoms. The Kier molecular flexibility index (Phi) is 7.79. The second-order valence-electron chi connectivity index (χ2n) is 8.31. The molecular formula is C29H26N4O3. The number of benzene rings is 3. The van der Waals surface area contributed by atoms with E-state index in [9.17, 15) is 14.9 Å². The first-order valence-electron chi connectivity index (χ1n) is 11.6. The molecule has 0 aliphatic rings. The Hall–Kier alpha value is -4.83. The van der Waals surface area contributed by atoms with Crippen molar-refractivity contribution in [1.29, 1.82) is 5.26 Å². The van der Waals surface area contributed by atoms with E-state index in [1.165, 1.54) is 6.08 Å². The maximum atomic E-state index is 12.5. The zero-order valence-corrected chi connectivity index (χ0v) is 19.9. The van der Waals surface area contributed by atoms with Crippen LogP contribution >= 0.6 is 0 Å². The van der Waals surface area contributed by atoms with Crippen LogP contribution in [0.25, 0.3) is 17.0 Å². The Labute approximate surface area is 209 Å². The Morgan fingerprint density at radius 3 is 2.53 bits per heavy atom. The summed E-state index contributed by atoms with van der Waals surface area (Å²) in [6.45, 7) is 2.26. The minimum Gasteiger partial charge on any atom is -0.484 e. The molecule has 4 aromatic rings. The summed E-state index contributed by atoms with van der Waals surface area (Å²) in [5.41, 5.74) is 4.67. The Balaban J connectivity index is 1.27. The maximum Gasteiger partial charge on any atom is 0.262 e. The smallest absolute Gasteiger partial charge is 0.262 e. The van der Waals surface area contributed by atoms with Gasteiger partial charge in [-0.2, -0.15) is 5.26 Å². The van der Waals surface area contributed by atoms with Crippen LogP contribution in [0, 0.1) is 18.3 Å². The minimum atomic E-state index is -0.426. The van der Waals surface area contributed by atoms with Crippen LogP contribution in [0.4, 0.5) is 5.69 Å². The number of amides is 2. The second-order valence-corrected chi connectivity index (χ2v) is 8.31. The summed E-state index contributed by atoms with van der Waals surface area (Å²) in [6.07, 6.45) is 4.11. The van der Waals surface area contributed by atoms with Crippen LogP contribution in [-0.4, -0.2) is 29.9 Å². The van der Waals surface area contributed by atoms with Crippen LogP contribution in [0.1, 0.15) is 16.7 Å². The fourth-order valence-electron chi connectivity index (χ4n) is 3.70. The first-order valence-corrected chi connectivity index (χ1v) is 11.6. The van der Waals surface area contributed by atoms with Gasteiger partial charge in [-0.1, -0.05) is 48.0 Å². The van der Waals surface area contributed by atoms with Crippen molar-refractivity contribution in [2.24, 2.45) is 0 Å². The monoisotopic (exact) mass is 478 g/mol. The van der Waals surface area contributed by atoms with Gasteiger partial charge in [0, 0.05) is 29.3 Å². The number of fused-ring (bicyclic) bond motifs is 1. The van der Waals surface area contributed by atoms with Gasteiger partial charge in [-0.3, -0.25) is 9.59 Å². The number of nitrogens with one attached hydrogen (secondary N) is 3. The number of rotatable bonds is 9. The maximum absolute atomic E-state index is 12.5. The number of anilines is 1. The third kappa shape index (κ3) is 6.39. The zero-order chi connectivity index (χ0) is 25.3. The van der Waals surface area contributed by atoms with Gasteiger partial charge in [-0.05, 0) is 60.9 Å². The summed E-state index contributed by atoms with van der Waals surface area (Å²) in [4.78, 5) is 27.8. The van der Waals surface area contributed by atoms with Crippen molar-refractivity contribution in [2.45, 2.75) is 13.3 Å². The molecule has 3 aromatic carbocycles. The Morgan fingerprint density at radius 2 is 1.78 bits per heavy atom. The number of H-pyrrole nitrogens is 1. The van der Waals surface area contributed by atoms with Crippen molar-refractivity contribution in [3.05, 3.63) is 101 Å². The van der Waals surface area contributed by atoms with Crippen LogP contribution in [0.5, 0.6) is 5.75 Å². The number of nitriles is 1. The van der Waals surface area contributed by atoms with Gasteiger partial charge in [-0.15, -0.1) is 0 Å². The molecule has 0 saturated carbocycles. The molecule has 0 spiro atoms. The first kappa shape index (κ1) is 24.3. The lowest BCUT2D eigenvalue weighted by Crippen LogP contribution is -2.26. The van der Waals surface area contributed by atoms with Gasteiger partial charge >= 0.3 is 0 Å². The number of para-hydroxylation sites is 1. The van der Waals surface area contributed by atoms with Crippen LogP contribution in [0.15, 0.2) is 84.6 Å². The van der Waals surface area contributed by atoms with Crippen molar-refractivity contribution in [3.8, 4) is 11.8 Å². The SMILES string of the molecule is Cc1ccc(NC(=O)COc2ccc(/C=C(/C#N)C(=O)NCCc3c[nH]c4ccccc34)cc2)cc1. The summed E-state index contributed by atoms with van der Waals surface area (Å²) < 4.78 is 5.54. The molecule has 0 unspecified atom stereocenters. The average Bonchev–Trinajstić information content (AvgIpc) is 3.31. The van der Waals surface area contributed by atoms with Gasteiger partial charge in [-0.25, -0.2) is 0 Å². The zero-order valence-electron chi connectivity index (χ0n) is 19.9. The van der Waals surface area contributed by atoms with E-state index >= 15 is 0 Å². The molecule has 0 aliphatic heterocycles. The second kappa shape index (κ2) is 11.5. The summed E-state index contributed by atoms with van der Waals surface area (Å²) in [5, 5.41) is 16.2. The van der Waals surface area contributed by atoms with Gasteiger partial charge in [0.15, 0.2) is 6.61 Å². The molecule has 0 bridgehead atoms. The highest BCUT2D eigenvalue weighted by Crippen LogP contribution is 2.18. The van der Waals surface area contributed by atoms with E-state index in [2.05, 4.69) is 15.6 Å². The number of carbonyl (C=O) groups is 2. The van der Waals surface area contributed by atoms with Crippen molar-refractivity contribution in [2.75, 3.05) is 18.5 Å².